The molecule has 7 nitrogen and oxygen atoms in total. The summed E-state index contributed by atoms with van der Waals surface area (Å²) in [6.45, 7) is 3.65. The second kappa shape index (κ2) is 13.3. The van der Waals surface area contributed by atoms with Crippen molar-refractivity contribution in [3.63, 3.8) is 0 Å². The molecule has 2 aliphatic rings. The fourth-order valence-corrected chi connectivity index (χ4v) is 7.63. The second-order valence-corrected chi connectivity index (χ2v) is 14.0. The minimum Gasteiger partial charge on any atom is -0.495 e. The van der Waals surface area contributed by atoms with E-state index in [0.717, 1.165) is 68.6 Å². The summed E-state index contributed by atoms with van der Waals surface area (Å²) in [5.41, 5.74) is 1.57. The third-order valence-electron chi connectivity index (χ3n) is 7.98. The standard InChI is InChI=1S/C31H36F3N3O4S2/c1-40-28-19-23(43(2,38)39)12-13-26(28)35-14-4-7-29-25(20-31(32,33)34)24-5-3-6-27(30(24)42-29)36-21-8-10-22(11-9-21)37-15-17-41-18-16-37/h3,5-6,12-13,19,21-22,35-36H,8-11,14-18,20H2,1-2H3. The molecule has 0 radical (unpaired) electrons. The summed E-state index contributed by atoms with van der Waals surface area (Å²) in [6.07, 6.45) is -0.135. The van der Waals surface area contributed by atoms with Crippen molar-refractivity contribution in [1.82, 2.24) is 4.90 Å². The number of sulfone groups is 1. The molecule has 1 aliphatic heterocycles. The summed E-state index contributed by atoms with van der Waals surface area (Å²) in [4.78, 5) is 3.03. The maximum absolute atomic E-state index is 13.7. The van der Waals surface area contributed by atoms with E-state index in [1.165, 1.54) is 30.6 Å². The summed E-state index contributed by atoms with van der Waals surface area (Å²) < 4.78 is 76.3. The Morgan fingerprint density at radius 2 is 1.84 bits per heavy atom. The molecule has 0 spiro atoms. The van der Waals surface area contributed by atoms with Gasteiger partial charge >= 0.3 is 6.18 Å². The van der Waals surface area contributed by atoms with Crippen LogP contribution in [0.1, 0.15) is 36.1 Å². The number of methoxy groups -OCH3 is 1. The number of alkyl halides is 3. The molecule has 3 aromatic rings. The zero-order chi connectivity index (χ0) is 30.6. The van der Waals surface area contributed by atoms with E-state index >= 15 is 0 Å². The van der Waals surface area contributed by atoms with Crippen molar-refractivity contribution in [1.29, 1.82) is 0 Å². The molecule has 1 aromatic heterocycles. The first-order valence-electron chi connectivity index (χ1n) is 14.3. The SMILES string of the molecule is COc1cc(S(C)(=O)=O)ccc1NCC#Cc1sc2c(NC3CCC(N4CCOCC4)CC3)cccc2c1CC(F)(F)F. The number of anilines is 2. The average molecular weight is 636 g/mol. The van der Waals surface area contributed by atoms with Gasteiger partial charge < -0.3 is 20.1 Å². The first kappa shape index (κ1) is 31.4. The van der Waals surface area contributed by atoms with Gasteiger partial charge in [0.2, 0.25) is 0 Å². The van der Waals surface area contributed by atoms with Crippen LogP contribution in [0.15, 0.2) is 41.3 Å². The highest BCUT2D eigenvalue weighted by molar-refractivity contribution is 7.90. The minimum atomic E-state index is -4.38. The molecule has 1 aliphatic carbocycles. The Bertz CT molecular complexity index is 1600. The Kier molecular flexibility index (Phi) is 9.76. The number of benzene rings is 2. The zero-order valence-corrected chi connectivity index (χ0v) is 25.9. The fourth-order valence-electron chi connectivity index (χ4n) is 5.82. The van der Waals surface area contributed by atoms with Crippen molar-refractivity contribution in [2.24, 2.45) is 0 Å². The van der Waals surface area contributed by atoms with Crippen LogP contribution in [0, 0.1) is 11.8 Å². The van der Waals surface area contributed by atoms with E-state index in [1.807, 2.05) is 12.1 Å². The Morgan fingerprint density at radius 3 is 2.51 bits per heavy atom. The molecule has 12 heteroatoms. The van der Waals surface area contributed by atoms with Gasteiger partial charge in [0.25, 0.3) is 0 Å². The van der Waals surface area contributed by atoms with Gasteiger partial charge in [-0.15, -0.1) is 11.3 Å². The van der Waals surface area contributed by atoms with Crippen LogP contribution in [0.2, 0.25) is 0 Å². The molecule has 2 fully saturated rings. The first-order valence-corrected chi connectivity index (χ1v) is 17.0. The summed E-state index contributed by atoms with van der Waals surface area (Å²) in [6, 6.07) is 10.8. The third kappa shape index (κ3) is 7.95. The quantitative estimate of drug-likeness (QED) is 0.297. The van der Waals surface area contributed by atoms with Crippen LogP contribution in [0.3, 0.4) is 0 Å². The number of nitrogens with one attached hydrogen (secondary N) is 2. The number of ether oxygens (including phenoxy) is 2. The third-order valence-corrected chi connectivity index (χ3v) is 10.3. The largest absolute Gasteiger partial charge is 0.495 e. The molecule has 2 heterocycles. The van der Waals surface area contributed by atoms with Crippen LogP contribution in [0.4, 0.5) is 24.5 Å². The topological polar surface area (TPSA) is 79.9 Å². The Labute approximate surface area is 254 Å². The number of morpholine rings is 1. The lowest BCUT2D eigenvalue weighted by atomic mass is 9.89. The van der Waals surface area contributed by atoms with Gasteiger partial charge in [-0.1, -0.05) is 24.0 Å². The van der Waals surface area contributed by atoms with Crippen LogP contribution < -0.4 is 15.4 Å². The van der Waals surface area contributed by atoms with Crippen molar-refractivity contribution in [2.75, 3.05) is 56.8 Å². The second-order valence-electron chi connectivity index (χ2n) is 11.0. The van der Waals surface area contributed by atoms with E-state index in [4.69, 9.17) is 9.47 Å². The van der Waals surface area contributed by atoms with Gasteiger partial charge in [0.1, 0.15) is 5.75 Å². The van der Waals surface area contributed by atoms with Crippen molar-refractivity contribution in [2.45, 2.75) is 55.3 Å². The molecule has 0 unspecified atom stereocenters. The molecule has 1 saturated carbocycles. The lowest BCUT2D eigenvalue weighted by molar-refractivity contribution is -0.126. The highest BCUT2D eigenvalue weighted by atomic mass is 32.2. The van der Waals surface area contributed by atoms with Crippen molar-refractivity contribution >= 4 is 42.6 Å². The van der Waals surface area contributed by atoms with E-state index < -0.39 is 22.4 Å². The van der Waals surface area contributed by atoms with Gasteiger partial charge in [0.15, 0.2) is 9.84 Å². The summed E-state index contributed by atoms with van der Waals surface area (Å²) in [7, 11) is -1.97. The van der Waals surface area contributed by atoms with Gasteiger partial charge in [-0.05, 0) is 54.8 Å². The molecular formula is C31H36F3N3O4S2. The Morgan fingerprint density at radius 1 is 1.09 bits per heavy atom. The van der Waals surface area contributed by atoms with Gasteiger partial charge in [0.05, 0.1) is 59.1 Å². The molecule has 0 amide bonds. The summed E-state index contributed by atoms with van der Waals surface area (Å²) >= 11 is 1.28. The van der Waals surface area contributed by atoms with E-state index in [0.29, 0.717) is 27.7 Å². The van der Waals surface area contributed by atoms with Crippen molar-refractivity contribution in [3.05, 3.63) is 46.8 Å². The van der Waals surface area contributed by atoms with Gasteiger partial charge in [-0.3, -0.25) is 4.90 Å². The van der Waals surface area contributed by atoms with Crippen LogP contribution in [-0.2, 0) is 21.0 Å². The van der Waals surface area contributed by atoms with Gasteiger partial charge in [0, 0.05) is 37.5 Å². The van der Waals surface area contributed by atoms with Crippen molar-refractivity contribution < 1.29 is 31.1 Å². The normalized spacial score (nSPS) is 19.9. The molecule has 1 saturated heterocycles. The lowest BCUT2D eigenvalue weighted by Crippen LogP contribution is -2.46. The minimum absolute atomic E-state index is 0.123. The molecule has 232 valence electrons. The zero-order valence-electron chi connectivity index (χ0n) is 24.2. The predicted molar refractivity (Wildman–Crippen MR) is 165 cm³/mol. The number of rotatable bonds is 8. The molecule has 2 N–H and O–H groups in total. The summed E-state index contributed by atoms with van der Waals surface area (Å²) in [5.74, 6) is 6.24. The van der Waals surface area contributed by atoms with E-state index in [1.54, 1.807) is 12.1 Å². The Balaban J connectivity index is 1.33. The fraction of sp³-hybridized carbons (Fsp3) is 0.484. The Hall–Kier alpha value is -2.98. The van der Waals surface area contributed by atoms with E-state index in [2.05, 4.69) is 27.4 Å². The van der Waals surface area contributed by atoms with E-state index in [-0.39, 0.29) is 23.0 Å². The van der Waals surface area contributed by atoms with Crippen molar-refractivity contribution in [3.8, 4) is 17.6 Å². The number of halogens is 3. The van der Waals surface area contributed by atoms with Crippen LogP contribution in [-0.4, -0.2) is 77.8 Å². The number of thiophene rings is 1. The highest BCUT2D eigenvalue weighted by Gasteiger charge is 2.32. The summed E-state index contributed by atoms with van der Waals surface area (Å²) in [5, 5.41) is 7.28. The van der Waals surface area contributed by atoms with Crippen LogP contribution in [0.25, 0.3) is 10.1 Å². The number of hydrogen-bond donors (Lipinski definition) is 2. The number of hydrogen-bond acceptors (Lipinski definition) is 8. The highest BCUT2D eigenvalue weighted by Crippen LogP contribution is 2.40. The molecular weight excluding hydrogens is 599 g/mol. The van der Waals surface area contributed by atoms with Gasteiger partial charge in [-0.25, -0.2) is 8.42 Å². The lowest BCUT2D eigenvalue weighted by Gasteiger charge is -2.39. The maximum Gasteiger partial charge on any atom is 0.393 e. The molecule has 5 rings (SSSR count). The predicted octanol–water partition coefficient (Wildman–Crippen LogP) is 5.94. The molecule has 0 atom stereocenters. The number of nitrogens with zero attached hydrogens (tertiary/aromatic N) is 1. The molecule has 0 bridgehead atoms. The number of fused-ring (bicyclic) bond motifs is 1. The molecule has 43 heavy (non-hydrogen) atoms. The molecule has 2 aromatic carbocycles. The van der Waals surface area contributed by atoms with Crippen LogP contribution in [0.5, 0.6) is 5.75 Å². The van der Waals surface area contributed by atoms with E-state index in [9.17, 15) is 21.6 Å². The van der Waals surface area contributed by atoms with Crippen LogP contribution >= 0.6 is 11.3 Å². The monoisotopic (exact) mass is 635 g/mol. The first-order chi connectivity index (χ1) is 20.5. The smallest absolute Gasteiger partial charge is 0.393 e. The average Bonchev–Trinajstić information content (AvgIpc) is 3.32. The maximum atomic E-state index is 13.7. The van der Waals surface area contributed by atoms with Gasteiger partial charge in [-0.2, -0.15) is 13.2 Å².